The van der Waals surface area contributed by atoms with Crippen molar-refractivity contribution in [2.45, 2.75) is 12.8 Å². The Morgan fingerprint density at radius 1 is 1.44 bits per heavy atom. The zero-order valence-electron chi connectivity index (χ0n) is 13.3. The summed E-state index contributed by atoms with van der Waals surface area (Å²) in [5, 5.41) is 15.0. The number of benzene rings is 1. The molecule has 0 bridgehead atoms. The molecule has 25 heavy (non-hydrogen) atoms. The molecule has 0 radical (unpaired) electrons. The molecule has 0 aliphatic rings. The van der Waals surface area contributed by atoms with Crippen LogP contribution in [-0.4, -0.2) is 40.4 Å². The van der Waals surface area contributed by atoms with Gasteiger partial charge in [-0.05, 0) is 49.6 Å². The lowest BCUT2D eigenvalue weighted by Crippen LogP contribution is -2.33. The Balaban J connectivity index is 1.96. The van der Waals surface area contributed by atoms with Gasteiger partial charge in [-0.2, -0.15) is 0 Å². The molecule has 0 aliphatic heterocycles. The number of nitrogen functional groups attached to an aromatic ring is 1. The molecule has 134 valence electrons. The van der Waals surface area contributed by atoms with Crippen molar-refractivity contribution in [3.05, 3.63) is 38.5 Å². The first kappa shape index (κ1) is 19.3. The molecule has 1 heterocycles. The van der Waals surface area contributed by atoms with Crippen LogP contribution in [0.5, 0.6) is 5.75 Å². The van der Waals surface area contributed by atoms with Crippen LogP contribution in [-0.2, 0) is 17.6 Å². The van der Waals surface area contributed by atoms with Crippen molar-refractivity contribution < 1.29 is 14.7 Å². The number of anilines is 1. The van der Waals surface area contributed by atoms with E-state index in [0.717, 1.165) is 20.2 Å². The molecule has 0 atom stereocenters. The fourth-order valence-corrected chi connectivity index (χ4v) is 3.79. The fourth-order valence-electron chi connectivity index (χ4n) is 2.18. The van der Waals surface area contributed by atoms with Gasteiger partial charge in [0, 0.05) is 25.1 Å². The molecule has 1 aromatic heterocycles. The maximum Gasteiger partial charge on any atom is 0.269 e. The predicted molar refractivity (Wildman–Crippen MR) is 101 cm³/mol. The molecule has 1 amide bonds. The fraction of sp³-hybridized carbons (Fsp3) is 0.267. The van der Waals surface area contributed by atoms with Crippen molar-refractivity contribution in [2.24, 2.45) is 5.16 Å². The van der Waals surface area contributed by atoms with Crippen molar-refractivity contribution in [2.75, 3.05) is 19.4 Å². The number of hydrogen-bond donors (Lipinski definition) is 4. The second-order valence-corrected chi connectivity index (χ2v) is 6.82. The van der Waals surface area contributed by atoms with E-state index in [-0.39, 0.29) is 12.1 Å². The first-order valence-electron chi connectivity index (χ1n) is 7.25. The highest BCUT2D eigenvalue weighted by Crippen LogP contribution is 2.34. The number of nitrogens with one attached hydrogen (secondary N) is 2. The number of ether oxygens (including phenoxy) is 1. The van der Waals surface area contributed by atoms with Gasteiger partial charge >= 0.3 is 0 Å². The number of imidazole rings is 1. The number of carbonyl (C=O) groups is 1. The smallest absolute Gasteiger partial charge is 0.269 e. The van der Waals surface area contributed by atoms with Gasteiger partial charge in [-0.3, -0.25) is 4.79 Å². The zero-order valence-corrected chi connectivity index (χ0v) is 16.5. The monoisotopic (exact) mass is 473 g/mol. The van der Waals surface area contributed by atoms with Gasteiger partial charge in [0.1, 0.15) is 11.5 Å². The van der Waals surface area contributed by atoms with E-state index in [9.17, 15) is 4.79 Å². The molecule has 10 heteroatoms. The summed E-state index contributed by atoms with van der Waals surface area (Å²) in [5.74, 6) is 0.530. The number of nitrogens with two attached hydrogens (primary N) is 1. The van der Waals surface area contributed by atoms with E-state index in [1.807, 2.05) is 0 Å². The van der Waals surface area contributed by atoms with Crippen LogP contribution in [0.25, 0.3) is 0 Å². The lowest BCUT2D eigenvalue weighted by atomic mass is 10.1. The van der Waals surface area contributed by atoms with Crippen LogP contribution in [0.1, 0.15) is 11.3 Å². The molecular formula is C15H17Br2N5O3. The minimum atomic E-state index is -0.446. The Kier molecular flexibility index (Phi) is 6.82. The van der Waals surface area contributed by atoms with E-state index in [0.29, 0.717) is 24.7 Å². The van der Waals surface area contributed by atoms with E-state index in [4.69, 9.17) is 15.7 Å². The summed E-state index contributed by atoms with van der Waals surface area (Å²) < 4.78 is 6.70. The summed E-state index contributed by atoms with van der Waals surface area (Å²) in [7, 11) is 1.56. The molecule has 0 unspecified atom stereocenters. The number of aromatic nitrogens is 2. The van der Waals surface area contributed by atoms with Crippen LogP contribution < -0.4 is 15.8 Å². The quantitative estimate of drug-likeness (QED) is 0.278. The van der Waals surface area contributed by atoms with Gasteiger partial charge in [0.25, 0.3) is 5.91 Å². The minimum absolute atomic E-state index is 0.00749. The largest absolute Gasteiger partial charge is 0.494 e. The van der Waals surface area contributed by atoms with E-state index < -0.39 is 5.91 Å². The Labute approximate surface area is 161 Å². The Hall–Kier alpha value is -2.07. The van der Waals surface area contributed by atoms with Crippen LogP contribution >= 0.6 is 31.9 Å². The van der Waals surface area contributed by atoms with Crippen molar-refractivity contribution in [1.29, 1.82) is 0 Å². The number of hydrogen-bond acceptors (Lipinski definition) is 6. The molecule has 0 saturated carbocycles. The zero-order chi connectivity index (χ0) is 18.4. The highest BCUT2D eigenvalue weighted by Gasteiger charge is 2.15. The number of rotatable bonds is 7. The third-order valence-electron chi connectivity index (χ3n) is 3.34. The van der Waals surface area contributed by atoms with Gasteiger partial charge < -0.3 is 26.0 Å². The summed E-state index contributed by atoms with van der Waals surface area (Å²) in [4.78, 5) is 18.9. The molecule has 5 N–H and O–H groups in total. The average Bonchev–Trinajstić information content (AvgIpc) is 2.97. The van der Waals surface area contributed by atoms with Crippen LogP contribution in [0, 0.1) is 0 Å². The Bertz CT molecular complexity index is 768. The van der Waals surface area contributed by atoms with Crippen LogP contribution in [0.2, 0.25) is 0 Å². The van der Waals surface area contributed by atoms with E-state index in [2.05, 4.69) is 52.3 Å². The molecule has 0 saturated heterocycles. The number of aromatic amines is 1. The van der Waals surface area contributed by atoms with Crippen molar-refractivity contribution >= 4 is 49.4 Å². The van der Waals surface area contributed by atoms with E-state index in [1.165, 1.54) is 0 Å². The number of amides is 1. The van der Waals surface area contributed by atoms with Crippen LogP contribution in [0.4, 0.5) is 5.95 Å². The maximum atomic E-state index is 12.2. The van der Waals surface area contributed by atoms with Gasteiger partial charge in [-0.25, -0.2) is 4.98 Å². The summed E-state index contributed by atoms with van der Waals surface area (Å²) in [6.45, 7) is 0.357. The van der Waals surface area contributed by atoms with Crippen molar-refractivity contribution in [3.8, 4) is 5.75 Å². The van der Waals surface area contributed by atoms with Gasteiger partial charge in [0.2, 0.25) is 0 Å². The third-order valence-corrected chi connectivity index (χ3v) is 4.52. The third kappa shape index (κ3) is 5.20. The highest BCUT2D eigenvalue weighted by atomic mass is 79.9. The second kappa shape index (κ2) is 8.86. The van der Waals surface area contributed by atoms with Crippen LogP contribution in [0.15, 0.2) is 32.4 Å². The average molecular weight is 475 g/mol. The summed E-state index contributed by atoms with van der Waals surface area (Å²) in [5.41, 5.74) is 7.09. The molecule has 1 aromatic carbocycles. The molecule has 2 rings (SSSR count). The number of carbonyl (C=O) groups excluding carboxylic acids is 1. The highest BCUT2D eigenvalue weighted by molar-refractivity contribution is 9.11. The molecule has 0 aliphatic carbocycles. The normalized spacial score (nSPS) is 11.4. The summed E-state index contributed by atoms with van der Waals surface area (Å²) in [6.07, 6.45) is 2.31. The number of oxime groups is 1. The first-order chi connectivity index (χ1) is 11.9. The molecular weight excluding hydrogens is 458 g/mol. The first-order valence-corrected chi connectivity index (χ1v) is 8.83. The standard InChI is InChI=1S/C15H17Br2N5O3/c1-25-13-10(16)4-8(5-11(13)17)6-12(22-24)14(23)19-3-2-9-7-20-15(18)21-9/h4-5,7,24H,2-3,6H2,1H3,(H,19,23)(H3,18,20,21). The van der Waals surface area contributed by atoms with Gasteiger partial charge in [-0.1, -0.05) is 5.16 Å². The van der Waals surface area contributed by atoms with Gasteiger partial charge in [-0.15, -0.1) is 0 Å². The van der Waals surface area contributed by atoms with Crippen LogP contribution in [0.3, 0.4) is 0 Å². The topological polar surface area (TPSA) is 126 Å². The summed E-state index contributed by atoms with van der Waals surface area (Å²) in [6, 6.07) is 3.60. The minimum Gasteiger partial charge on any atom is -0.494 e. The SMILES string of the molecule is COc1c(Br)cc(CC(=NO)C(=O)NCCc2cnc(N)[nH]2)cc1Br. The van der Waals surface area contributed by atoms with Crippen molar-refractivity contribution in [1.82, 2.24) is 15.3 Å². The van der Waals surface area contributed by atoms with E-state index in [1.54, 1.807) is 25.4 Å². The number of methoxy groups -OCH3 is 1. The predicted octanol–water partition coefficient (Wildman–Crippen LogP) is 2.26. The number of nitrogens with zero attached hydrogens (tertiary/aromatic N) is 2. The van der Waals surface area contributed by atoms with Gasteiger partial charge in [0.15, 0.2) is 5.95 Å². The maximum absolute atomic E-state index is 12.2. The molecule has 0 spiro atoms. The molecule has 2 aromatic rings. The Morgan fingerprint density at radius 3 is 2.64 bits per heavy atom. The number of H-pyrrole nitrogens is 1. The second-order valence-electron chi connectivity index (χ2n) is 5.12. The molecule has 0 fully saturated rings. The van der Waals surface area contributed by atoms with Crippen molar-refractivity contribution in [3.63, 3.8) is 0 Å². The molecule has 8 nitrogen and oxygen atoms in total. The van der Waals surface area contributed by atoms with Gasteiger partial charge in [0.05, 0.1) is 22.3 Å². The summed E-state index contributed by atoms with van der Waals surface area (Å²) >= 11 is 6.80. The Morgan fingerprint density at radius 2 is 2.12 bits per heavy atom. The lowest BCUT2D eigenvalue weighted by Gasteiger charge is -2.10. The number of halogens is 2. The van der Waals surface area contributed by atoms with E-state index >= 15 is 0 Å². The lowest BCUT2D eigenvalue weighted by molar-refractivity contribution is -0.115.